The van der Waals surface area contributed by atoms with E-state index in [-0.39, 0.29) is 0 Å². The fourth-order valence-electron chi connectivity index (χ4n) is 1.10. The molecule has 17 heavy (non-hydrogen) atoms. The Balaban J connectivity index is 2.53. The van der Waals surface area contributed by atoms with Crippen molar-refractivity contribution in [2.24, 2.45) is 0 Å². The van der Waals surface area contributed by atoms with Crippen LogP contribution in [0.25, 0.3) is 0 Å². The highest BCUT2D eigenvalue weighted by Gasteiger charge is 2.15. The normalized spacial score (nSPS) is 11.1. The smallest absolute Gasteiger partial charge is 0.407 e. The van der Waals surface area contributed by atoms with Gasteiger partial charge in [-0.3, -0.25) is 0 Å². The minimum atomic E-state index is -0.483. The standard InChI is InChI=1S/C11H14Br2N2O2/c1-11(2,3)17-10(16)14-6-7-4-8(12)15-9(13)5-7/h4-5H,6H2,1-3H3,(H,14,16). The van der Waals surface area contributed by atoms with Crippen LogP contribution < -0.4 is 5.32 Å². The molecule has 0 spiro atoms. The van der Waals surface area contributed by atoms with Gasteiger partial charge in [-0.2, -0.15) is 0 Å². The first-order chi connectivity index (χ1) is 7.76. The van der Waals surface area contributed by atoms with Gasteiger partial charge in [0.25, 0.3) is 0 Å². The highest BCUT2D eigenvalue weighted by Crippen LogP contribution is 2.15. The molecule has 94 valence electrons. The Morgan fingerprint density at radius 3 is 2.35 bits per heavy atom. The van der Waals surface area contributed by atoms with E-state index in [0.29, 0.717) is 15.8 Å². The van der Waals surface area contributed by atoms with Crippen LogP contribution in [-0.2, 0) is 11.3 Å². The van der Waals surface area contributed by atoms with Crippen LogP contribution in [0.1, 0.15) is 26.3 Å². The Kier molecular flexibility index (Phi) is 4.94. The molecule has 0 bridgehead atoms. The van der Waals surface area contributed by atoms with Crippen LogP contribution in [0.3, 0.4) is 0 Å². The second-order valence-corrected chi connectivity index (χ2v) is 6.10. The molecule has 0 atom stereocenters. The number of alkyl carbamates (subject to hydrolysis) is 1. The van der Waals surface area contributed by atoms with Crippen LogP contribution >= 0.6 is 31.9 Å². The second kappa shape index (κ2) is 5.82. The lowest BCUT2D eigenvalue weighted by molar-refractivity contribution is 0.0523. The third-order valence-corrected chi connectivity index (χ3v) is 2.47. The summed E-state index contributed by atoms with van der Waals surface area (Å²) in [6.45, 7) is 5.87. The molecular weight excluding hydrogens is 352 g/mol. The van der Waals surface area contributed by atoms with Crippen molar-refractivity contribution in [2.45, 2.75) is 32.9 Å². The van der Waals surface area contributed by atoms with Crippen molar-refractivity contribution >= 4 is 38.0 Å². The van der Waals surface area contributed by atoms with Gasteiger partial charge in [-0.25, -0.2) is 9.78 Å². The number of hydrogen-bond acceptors (Lipinski definition) is 3. The summed E-state index contributed by atoms with van der Waals surface area (Å²) in [6.07, 6.45) is -0.429. The van der Waals surface area contributed by atoms with Gasteiger partial charge in [0.2, 0.25) is 0 Å². The Labute approximate surface area is 117 Å². The highest BCUT2D eigenvalue weighted by molar-refractivity contribution is 9.11. The van der Waals surface area contributed by atoms with E-state index < -0.39 is 11.7 Å². The lowest BCUT2D eigenvalue weighted by Crippen LogP contribution is -2.32. The zero-order valence-corrected chi connectivity index (χ0v) is 13.1. The van der Waals surface area contributed by atoms with Crippen LogP contribution in [-0.4, -0.2) is 16.7 Å². The number of aromatic nitrogens is 1. The average Bonchev–Trinajstić information content (AvgIpc) is 2.10. The first kappa shape index (κ1) is 14.4. The van der Waals surface area contributed by atoms with Crippen LogP contribution in [0, 0.1) is 0 Å². The number of carbonyl (C=O) groups is 1. The molecule has 1 amide bonds. The minimum Gasteiger partial charge on any atom is -0.444 e. The van der Waals surface area contributed by atoms with Crippen molar-refractivity contribution in [3.05, 3.63) is 26.9 Å². The van der Waals surface area contributed by atoms with Gasteiger partial charge >= 0.3 is 6.09 Å². The molecule has 1 rings (SSSR count). The number of halogens is 2. The number of rotatable bonds is 2. The lowest BCUT2D eigenvalue weighted by Gasteiger charge is -2.19. The zero-order chi connectivity index (χ0) is 13.1. The van der Waals surface area contributed by atoms with E-state index in [0.717, 1.165) is 5.56 Å². The Bertz CT molecular complexity index is 396. The zero-order valence-electron chi connectivity index (χ0n) is 9.88. The third-order valence-electron chi connectivity index (χ3n) is 1.66. The summed E-state index contributed by atoms with van der Waals surface area (Å²) in [6, 6.07) is 3.67. The molecule has 0 radical (unpaired) electrons. The van der Waals surface area contributed by atoms with E-state index in [1.807, 2.05) is 32.9 Å². The van der Waals surface area contributed by atoms with Crippen molar-refractivity contribution in [3.8, 4) is 0 Å². The molecule has 0 aliphatic carbocycles. The number of amides is 1. The SMILES string of the molecule is CC(C)(C)OC(=O)NCc1cc(Br)nc(Br)c1. The van der Waals surface area contributed by atoms with E-state index in [4.69, 9.17) is 4.74 Å². The second-order valence-electron chi connectivity index (χ2n) is 4.48. The molecule has 0 saturated carbocycles. The first-order valence-corrected chi connectivity index (χ1v) is 6.64. The van der Waals surface area contributed by atoms with Crippen LogP contribution in [0.4, 0.5) is 4.79 Å². The summed E-state index contributed by atoms with van der Waals surface area (Å²) in [5.41, 5.74) is 0.452. The monoisotopic (exact) mass is 364 g/mol. The van der Waals surface area contributed by atoms with Gasteiger partial charge < -0.3 is 10.1 Å². The van der Waals surface area contributed by atoms with Crippen molar-refractivity contribution in [2.75, 3.05) is 0 Å². The van der Waals surface area contributed by atoms with Crippen molar-refractivity contribution in [3.63, 3.8) is 0 Å². The number of pyridine rings is 1. The average molecular weight is 366 g/mol. The molecule has 0 unspecified atom stereocenters. The van der Waals surface area contributed by atoms with Gasteiger partial charge in [0.05, 0.1) is 0 Å². The number of ether oxygens (including phenoxy) is 1. The Hall–Kier alpha value is -0.620. The molecule has 1 aromatic rings. The van der Waals surface area contributed by atoms with Crippen LogP contribution in [0.5, 0.6) is 0 Å². The van der Waals surface area contributed by atoms with E-state index >= 15 is 0 Å². The fraction of sp³-hybridized carbons (Fsp3) is 0.455. The molecule has 1 heterocycles. The van der Waals surface area contributed by atoms with E-state index in [1.54, 1.807) is 0 Å². The van der Waals surface area contributed by atoms with Gasteiger partial charge in [0, 0.05) is 6.54 Å². The Morgan fingerprint density at radius 2 is 1.88 bits per heavy atom. The van der Waals surface area contributed by atoms with Crippen LogP contribution in [0.2, 0.25) is 0 Å². The summed E-state index contributed by atoms with van der Waals surface area (Å²) in [5, 5.41) is 2.68. The number of nitrogens with one attached hydrogen (secondary N) is 1. The maximum atomic E-state index is 11.4. The summed E-state index contributed by atoms with van der Waals surface area (Å²) in [7, 11) is 0. The molecular formula is C11H14Br2N2O2. The first-order valence-electron chi connectivity index (χ1n) is 5.05. The van der Waals surface area contributed by atoms with Gasteiger partial charge in [-0.15, -0.1) is 0 Å². The fourth-order valence-corrected chi connectivity index (χ4v) is 2.31. The van der Waals surface area contributed by atoms with Gasteiger partial charge in [0.15, 0.2) is 0 Å². The third kappa shape index (κ3) is 6.02. The predicted molar refractivity (Wildman–Crippen MR) is 72.7 cm³/mol. The number of hydrogen-bond donors (Lipinski definition) is 1. The van der Waals surface area contributed by atoms with Gasteiger partial charge in [-0.05, 0) is 70.3 Å². The maximum Gasteiger partial charge on any atom is 0.407 e. The van der Waals surface area contributed by atoms with Gasteiger partial charge in [0.1, 0.15) is 14.8 Å². The maximum absolute atomic E-state index is 11.4. The van der Waals surface area contributed by atoms with E-state index in [9.17, 15) is 4.79 Å². The van der Waals surface area contributed by atoms with Crippen molar-refractivity contribution in [1.29, 1.82) is 0 Å². The summed E-state index contributed by atoms with van der Waals surface area (Å²) >= 11 is 6.57. The van der Waals surface area contributed by atoms with Crippen molar-refractivity contribution < 1.29 is 9.53 Å². The minimum absolute atomic E-state index is 0.397. The highest BCUT2D eigenvalue weighted by atomic mass is 79.9. The summed E-state index contributed by atoms with van der Waals surface area (Å²) < 4.78 is 6.56. The number of carbonyl (C=O) groups excluding carboxylic acids is 1. The molecule has 1 N–H and O–H groups in total. The molecule has 1 aromatic heterocycles. The predicted octanol–water partition coefficient (Wildman–Crippen LogP) is 3.63. The lowest BCUT2D eigenvalue weighted by atomic mass is 10.2. The molecule has 4 nitrogen and oxygen atoms in total. The molecule has 0 saturated heterocycles. The molecule has 6 heteroatoms. The number of nitrogens with zero attached hydrogens (tertiary/aromatic N) is 1. The summed E-state index contributed by atoms with van der Waals surface area (Å²) in [4.78, 5) is 15.5. The topological polar surface area (TPSA) is 51.2 Å². The molecule has 0 aliphatic rings. The molecule has 0 aromatic carbocycles. The largest absolute Gasteiger partial charge is 0.444 e. The van der Waals surface area contributed by atoms with Gasteiger partial charge in [-0.1, -0.05) is 0 Å². The molecule has 0 fully saturated rings. The van der Waals surface area contributed by atoms with E-state index in [1.165, 1.54) is 0 Å². The summed E-state index contributed by atoms with van der Waals surface area (Å²) in [5.74, 6) is 0. The van der Waals surface area contributed by atoms with E-state index in [2.05, 4.69) is 42.2 Å². The van der Waals surface area contributed by atoms with Crippen LogP contribution in [0.15, 0.2) is 21.3 Å². The van der Waals surface area contributed by atoms with Crippen molar-refractivity contribution in [1.82, 2.24) is 10.3 Å². The quantitative estimate of drug-likeness (QED) is 0.814. The molecule has 0 aliphatic heterocycles. The Morgan fingerprint density at radius 1 is 1.35 bits per heavy atom.